The maximum atomic E-state index is 13.4. The molecule has 1 saturated heterocycles. The van der Waals surface area contributed by atoms with Crippen LogP contribution in [0.5, 0.6) is 0 Å². The lowest BCUT2D eigenvalue weighted by Crippen LogP contribution is -2.54. The quantitative estimate of drug-likeness (QED) is 0.476. The largest absolute Gasteiger partial charge is 0.416 e. The highest BCUT2D eigenvalue weighted by molar-refractivity contribution is 7.89. The molecule has 1 saturated carbocycles. The summed E-state index contributed by atoms with van der Waals surface area (Å²) in [4.78, 5) is 16.9. The Bertz CT molecular complexity index is 938. The first kappa shape index (κ1) is 26.9. The maximum absolute atomic E-state index is 13.4. The number of likely N-dealkylation sites (N-methyl/N-ethyl adjacent to an activating group) is 1. The number of rotatable bonds is 10. The molecule has 34 heavy (non-hydrogen) atoms. The second-order valence-corrected chi connectivity index (χ2v) is 11.0. The number of hydrogen-bond acceptors (Lipinski definition) is 4. The Morgan fingerprint density at radius 3 is 2.15 bits per heavy atom. The Balaban J connectivity index is 1.75. The summed E-state index contributed by atoms with van der Waals surface area (Å²) in [6.07, 6.45) is -0.557. The zero-order chi connectivity index (χ0) is 25.1. The molecule has 10 heteroatoms. The van der Waals surface area contributed by atoms with E-state index in [9.17, 15) is 26.4 Å². The average molecular weight is 504 g/mol. The van der Waals surface area contributed by atoms with E-state index < -0.39 is 21.8 Å². The zero-order valence-corrected chi connectivity index (χ0v) is 21.0. The van der Waals surface area contributed by atoms with Crippen molar-refractivity contribution in [3.63, 3.8) is 0 Å². The van der Waals surface area contributed by atoms with Gasteiger partial charge in [0.05, 0.1) is 16.5 Å². The Hall–Kier alpha value is -1.65. The molecule has 1 amide bonds. The highest BCUT2D eigenvalue weighted by Gasteiger charge is 2.44. The van der Waals surface area contributed by atoms with Crippen LogP contribution < -0.4 is 0 Å². The Morgan fingerprint density at radius 2 is 1.65 bits per heavy atom. The molecule has 1 unspecified atom stereocenters. The number of carbonyl (C=O) groups is 1. The average Bonchev–Trinajstić information content (AvgIpc) is 3.64. The van der Waals surface area contributed by atoms with Crippen LogP contribution in [0.15, 0.2) is 29.2 Å². The van der Waals surface area contributed by atoms with Gasteiger partial charge in [0.1, 0.15) is 0 Å². The maximum Gasteiger partial charge on any atom is 0.416 e. The van der Waals surface area contributed by atoms with Crippen LogP contribution in [0.2, 0.25) is 0 Å². The van der Waals surface area contributed by atoms with Crippen molar-refractivity contribution < 1.29 is 26.4 Å². The van der Waals surface area contributed by atoms with E-state index in [-0.39, 0.29) is 28.9 Å². The molecular formula is C24H36F3N3O3S. The fraction of sp³-hybridized carbons (Fsp3) is 0.708. The number of alkyl halides is 3. The lowest BCUT2D eigenvalue weighted by atomic mass is 10.0. The molecular weight excluding hydrogens is 467 g/mol. The molecule has 1 aliphatic heterocycles. The monoisotopic (exact) mass is 503 g/mol. The van der Waals surface area contributed by atoms with Crippen molar-refractivity contribution in [2.24, 2.45) is 0 Å². The summed E-state index contributed by atoms with van der Waals surface area (Å²) in [5.41, 5.74) is -0.969. The first-order valence-corrected chi connectivity index (χ1v) is 13.7. The van der Waals surface area contributed by atoms with Crippen LogP contribution in [0.3, 0.4) is 0 Å². The van der Waals surface area contributed by atoms with E-state index in [4.69, 9.17) is 0 Å². The Labute approximate surface area is 201 Å². The van der Waals surface area contributed by atoms with E-state index in [1.165, 1.54) is 10.4 Å². The second kappa shape index (κ2) is 11.0. The van der Waals surface area contributed by atoms with Gasteiger partial charge in [-0.15, -0.1) is 0 Å². The third-order valence-corrected chi connectivity index (χ3v) is 8.88. The molecule has 0 N–H and O–H groups in total. The predicted octanol–water partition coefficient (Wildman–Crippen LogP) is 4.36. The van der Waals surface area contributed by atoms with E-state index in [1.807, 2.05) is 18.7 Å². The van der Waals surface area contributed by atoms with E-state index in [2.05, 4.69) is 11.8 Å². The molecule has 3 rings (SSSR count). The van der Waals surface area contributed by atoms with E-state index in [1.54, 1.807) is 0 Å². The van der Waals surface area contributed by atoms with Crippen molar-refractivity contribution in [1.29, 1.82) is 0 Å². The number of nitrogens with zero attached hydrogens (tertiary/aromatic N) is 3. The molecule has 1 aromatic rings. The Morgan fingerprint density at radius 1 is 1.06 bits per heavy atom. The van der Waals surface area contributed by atoms with E-state index in [0.717, 1.165) is 44.1 Å². The van der Waals surface area contributed by atoms with Gasteiger partial charge in [-0.1, -0.05) is 33.3 Å². The topological polar surface area (TPSA) is 60.9 Å². The summed E-state index contributed by atoms with van der Waals surface area (Å²) in [5, 5.41) is 0. The lowest BCUT2D eigenvalue weighted by molar-refractivity contribution is -0.139. The van der Waals surface area contributed by atoms with Crippen molar-refractivity contribution in [2.45, 2.75) is 88.5 Å². The minimum Gasteiger partial charge on any atom is -0.341 e. The highest BCUT2D eigenvalue weighted by atomic mass is 32.2. The molecule has 6 nitrogen and oxygen atoms in total. The van der Waals surface area contributed by atoms with Crippen molar-refractivity contribution in [2.75, 3.05) is 26.2 Å². The number of carbonyl (C=O) groups excluding carboxylic acids is 1. The fourth-order valence-corrected chi connectivity index (χ4v) is 6.90. The molecule has 192 valence electrons. The molecule has 1 atom stereocenters. The summed E-state index contributed by atoms with van der Waals surface area (Å²) in [5.74, 6) is 0.0858. The predicted molar refractivity (Wildman–Crippen MR) is 125 cm³/mol. The number of likely N-dealkylation sites (tertiary alicyclic amines) is 1. The minimum atomic E-state index is -4.61. The number of benzene rings is 1. The number of halogens is 3. The van der Waals surface area contributed by atoms with Crippen LogP contribution in [0.1, 0.15) is 64.9 Å². The smallest absolute Gasteiger partial charge is 0.341 e. The van der Waals surface area contributed by atoms with Crippen LogP contribution >= 0.6 is 0 Å². The summed E-state index contributed by atoms with van der Waals surface area (Å²) >= 11 is 0. The fourth-order valence-electron chi connectivity index (χ4n) is 4.93. The molecule has 2 aliphatic rings. The van der Waals surface area contributed by atoms with Gasteiger partial charge in [-0.2, -0.15) is 17.5 Å². The van der Waals surface area contributed by atoms with Crippen molar-refractivity contribution in [3.05, 3.63) is 29.8 Å². The Kier molecular flexibility index (Phi) is 8.68. The van der Waals surface area contributed by atoms with Crippen LogP contribution in [0, 0.1) is 0 Å². The van der Waals surface area contributed by atoms with Crippen molar-refractivity contribution in [1.82, 2.24) is 14.1 Å². The third kappa shape index (κ3) is 5.94. The number of piperidine rings is 1. The van der Waals surface area contributed by atoms with E-state index >= 15 is 0 Å². The van der Waals surface area contributed by atoms with Crippen LogP contribution in [-0.4, -0.2) is 72.7 Å². The van der Waals surface area contributed by atoms with Gasteiger partial charge in [-0.3, -0.25) is 9.69 Å². The first-order valence-electron chi connectivity index (χ1n) is 12.3. The highest BCUT2D eigenvalue weighted by Crippen LogP contribution is 2.38. The molecule has 1 aromatic carbocycles. The van der Waals surface area contributed by atoms with Gasteiger partial charge >= 0.3 is 6.18 Å². The molecule has 0 spiro atoms. The van der Waals surface area contributed by atoms with Crippen LogP contribution in [0.25, 0.3) is 0 Å². The lowest BCUT2D eigenvalue weighted by Gasteiger charge is -2.40. The third-order valence-electron chi connectivity index (χ3n) is 6.88. The van der Waals surface area contributed by atoms with Gasteiger partial charge in [0.2, 0.25) is 15.9 Å². The number of sulfonamides is 1. The van der Waals surface area contributed by atoms with Crippen LogP contribution in [0.4, 0.5) is 13.2 Å². The van der Waals surface area contributed by atoms with Gasteiger partial charge in [0, 0.05) is 25.2 Å². The summed E-state index contributed by atoms with van der Waals surface area (Å²) in [6.45, 7) is 8.61. The standard InChI is InChI=1S/C24H36F3N3O3S/c1-4-8-22(28(5-2)6-3)23(31)29-15-13-20(14-16-29)30(19-11-12-19)34(32,33)21-10-7-9-18(17-21)24(25,26)27/h7,9-10,17,19-20,22H,4-6,8,11-16H2,1-3H3. The summed E-state index contributed by atoms with van der Waals surface area (Å²) < 4.78 is 67.8. The molecule has 2 fully saturated rings. The number of hydrogen-bond donors (Lipinski definition) is 0. The van der Waals surface area contributed by atoms with Gasteiger partial charge < -0.3 is 4.90 Å². The first-order chi connectivity index (χ1) is 16.0. The molecule has 1 aliphatic carbocycles. The van der Waals surface area contributed by atoms with Crippen molar-refractivity contribution in [3.8, 4) is 0 Å². The summed E-state index contributed by atoms with van der Waals surface area (Å²) in [6, 6.07) is 3.30. The summed E-state index contributed by atoms with van der Waals surface area (Å²) in [7, 11) is -4.08. The normalized spacial score (nSPS) is 19.1. The second-order valence-electron chi connectivity index (χ2n) is 9.17. The van der Waals surface area contributed by atoms with Gasteiger partial charge in [0.15, 0.2) is 0 Å². The molecule has 0 radical (unpaired) electrons. The van der Waals surface area contributed by atoms with Gasteiger partial charge in [-0.05, 0) is 63.4 Å². The van der Waals surface area contributed by atoms with Gasteiger partial charge in [0.25, 0.3) is 0 Å². The number of amides is 1. The van der Waals surface area contributed by atoms with Gasteiger partial charge in [-0.25, -0.2) is 8.42 Å². The molecule has 0 bridgehead atoms. The minimum absolute atomic E-state index is 0.0858. The SMILES string of the molecule is CCCC(C(=O)N1CCC(N(C2CC2)S(=O)(=O)c2cccc(C(F)(F)F)c2)CC1)N(CC)CC. The van der Waals surface area contributed by atoms with E-state index in [0.29, 0.717) is 38.8 Å². The van der Waals surface area contributed by atoms with Crippen LogP contribution in [-0.2, 0) is 21.0 Å². The van der Waals surface area contributed by atoms with Crippen molar-refractivity contribution >= 4 is 15.9 Å². The molecule has 0 aromatic heterocycles. The molecule has 1 heterocycles. The zero-order valence-electron chi connectivity index (χ0n) is 20.2.